The number of rotatable bonds is 7. The highest BCUT2D eigenvalue weighted by molar-refractivity contribution is 6.29. The topological polar surface area (TPSA) is 107 Å². The van der Waals surface area contributed by atoms with Crippen molar-refractivity contribution in [1.82, 2.24) is 10.3 Å². The fraction of sp³-hybridized carbons (Fsp3) is 0.429. The number of carbonyl (C=O) groups excluding carboxylic acids is 2. The average molecular weight is 327 g/mol. The lowest BCUT2D eigenvalue weighted by Gasteiger charge is -2.27. The monoisotopic (exact) mass is 326 g/mol. The number of anilines is 1. The number of nitrogens with zero attached hydrogens (tertiary/aromatic N) is 2. The van der Waals surface area contributed by atoms with Crippen LogP contribution in [-0.2, 0) is 9.63 Å². The first-order valence-corrected chi connectivity index (χ1v) is 7.15. The quantitative estimate of drug-likeness (QED) is 0.447. The highest BCUT2D eigenvalue weighted by atomic mass is 35.5. The van der Waals surface area contributed by atoms with Crippen LogP contribution in [0.5, 0.6) is 0 Å². The molecule has 1 rings (SSSR count). The Morgan fingerprint density at radius 3 is 2.77 bits per heavy atom. The molecule has 1 aromatic heterocycles. The van der Waals surface area contributed by atoms with Crippen molar-refractivity contribution in [2.45, 2.75) is 25.8 Å². The maximum atomic E-state index is 12.3. The van der Waals surface area contributed by atoms with E-state index < -0.39 is 11.4 Å². The van der Waals surface area contributed by atoms with Gasteiger partial charge in [0.05, 0.1) is 28.9 Å². The molecule has 0 aliphatic heterocycles. The molecule has 1 aromatic rings. The number of carbonyl (C=O) groups is 2. The second-order valence-corrected chi connectivity index (χ2v) is 5.08. The van der Waals surface area contributed by atoms with Crippen molar-refractivity contribution in [3.63, 3.8) is 0 Å². The Kier molecular flexibility index (Phi) is 6.30. The number of nitrogens with two attached hydrogens (primary N) is 1. The number of aromatic nitrogens is 1. The Morgan fingerprint density at radius 2 is 2.27 bits per heavy atom. The molecule has 1 atom stereocenters. The lowest BCUT2D eigenvalue weighted by molar-refractivity contribution is -0.122. The molecule has 0 aromatic carbocycles. The minimum atomic E-state index is -1.02. The van der Waals surface area contributed by atoms with E-state index in [2.05, 4.69) is 20.3 Å². The summed E-state index contributed by atoms with van der Waals surface area (Å²) in [5.74, 6) is -0.871. The van der Waals surface area contributed by atoms with Gasteiger partial charge < -0.3 is 15.9 Å². The zero-order valence-electron chi connectivity index (χ0n) is 12.7. The van der Waals surface area contributed by atoms with E-state index in [9.17, 15) is 9.59 Å². The van der Waals surface area contributed by atoms with E-state index in [1.54, 1.807) is 13.8 Å². The van der Waals surface area contributed by atoms with Gasteiger partial charge >= 0.3 is 0 Å². The van der Waals surface area contributed by atoms with Gasteiger partial charge in [0.1, 0.15) is 12.8 Å². The van der Waals surface area contributed by atoms with E-state index in [4.69, 9.17) is 17.3 Å². The molecular formula is C14H19ClN4O3. The van der Waals surface area contributed by atoms with Crippen molar-refractivity contribution < 1.29 is 14.4 Å². The SMILES string of the molecule is CCC(C)(NC(=O)c1cnc(/C=N/OC)c(N)c1)C(=O)CCl. The standard InChI is InChI=1S/C14H19ClN4O3/c1-4-14(2,12(20)6-15)19-13(21)9-5-10(16)11(17-7-9)8-18-22-3/h5,7-8H,4,6,16H2,1-3H3,(H,19,21)/b18-8+. The number of alkyl halides is 1. The summed E-state index contributed by atoms with van der Waals surface area (Å²) in [5, 5.41) is 6.23. The van der Waals surface area contributed by atoms with Crippen LogP contribution in [0.2, 0.25) is 0 Å². The maximum absolute atomic E-state index is 12.3. The van der Waals surface area contributed by atoms with Crippen molar-refractivity contribution in [2.75, 3.05) is 18.7 Å². The largest absolute Gasteiger partial charge is 0.399 e. The molecule has 0 spiro atoms. The first kappa shape index (κ1) is 17.9. The van der Waals surface area contributed by atoms with E-state index in [1.165, 1.54) is 25.6 Å². The molecule has 1 amide bonds. The van der Waals surface area contributed by atoms with Gasteiger partial charge in [0.15, 0.2) is 5.78 Å². The first-order chi connectivity index (χ1) is 10.4. The highest BCUT2D eigenvalue weighted by Gasteiger charge is 2.32. The predicted molar refractivity (Wildman–Crippen MR) is 85.1 cm³/mol. The second-order valence-electron chi connectivity index (χ2n) is 4.81. The fourth-order valence-corrected chi connectivity index (χ4v) is 1.95. The molecule has 0 aliphatic carbocycles. The molecule has 8 heteroatoms. The predicted octanol–water partition coefficient (Wildman–Crippen LogP) is 1.35. The van der Waals surface area contributed by atoms with Crippen molar-refractivity contribution in [1.29, 1.82) is 0 Å². The summed E-state index contributed by atoms with van der Waals surface area (Å²) in [6, 6.07) is 1.46. The number of hydrogen-bond acceptors (Lipinski definition) is 6. The van der Waals surface area contributed by atoms with E-state index in [-0.39, 0.29) is 22.9 Å². The third-order valence-corrected chi connectivity index (χ3v) is 3.57. The van der Waals surface area contributed by atoms with Crippen molar-refractivity contribution in [2.24, 2.45) is 5.16 Å². The van der Waals surface area contributed by atoms with Crippen LogP contribution in [-0.4, -0.2) is 41.4 Å². The fourth-order valence-electron chi connectivity index (χ4n) is 1.65. The minimum Gasteiger partial charge on any atom is -0.399 e. The highest BCUT2D eigenvalue weighted by Crippen LogP contribution is 2.15. The van der Waals surface area contributed by atoms with Crippen molar-refractivity contribution in [3.05, 3.63) is 23.5 Å². The van der Waals surface area contributed by atoms with Crippen LogP contribution in [0.3, 0.4) is 0 Å². The molecule has 0 fully saturated rings. The first-order valence-electron chi connectivity index (χ1n) is 6.61. The maximum Gasteiger partial charge on any atom is 0.253 e. The molecule has 1 unspecified atom stereocenters. The Bertz CT molecular complexity index is 591. The van der Waals surface area contributed by atoms with Crippen molar-refractivity contribution >= 4 is 35.2 Å². The molecule has 0 saturated carbocycles. The Balaban J connectivity index is 2.97. The van der Waals surface area contributed by atoms with Gasteiger partial charge in [-0.25, -0.2) is 0 Å². The minimum absolute atomic E-state index is 0.169. The van der Waals surface area contributed by atoms with Gasteiger partial charge in [-0.15, -0.1) is 11.6 Å². The third-order valence-electron chi connectivity index (χ3n) is 3.33. The molecule has 120 valence electrons. The van der Waals surface area contributed by atoms with Crippen molar-refractivity contribution in [3.8, 4) is 0 Å². The smallest absolute Gasteiger partial charge is 0.253 e. The number of pyridine rings is 1. The Labute approximate surface area is 133 Å². The van der Waals surface area contributed by atoms with Crippen LogP contribution in [0.15, 0.2) is 17.4 Å². The van der Waals surface area contributed by atoms with Crippen LogP contribution in [0.4, 0.5) is 5.69 Å². The molecule has 0 saturated heterocycles. The lowest BCUT2D eigenvalue weighted by atomic mass is 9.93. The lowest BCUT2D eigenvalue weighted by Crippen LogP contribution is -2.52. The zero-order valence-corrected chi connectivity index (χ0v) is 13.5. The van der Waals surface area contributed by atoms with Crippen LogP contribution in [0.1, 0.15) is 36.3 Å². The zero-order chi connectivity index (χ0) is 16.8. The number of hydrogen-bond donors (Lipinski definition) is 2. The summed E-state index contributed by atoms with van der Waals surface area (Å²) < 4.78 is 0. The summed E-state index contributed by atoms with van der Waals surface area (Å²) in [6.07, 6.45) is 3.11. The third kappa shape index (κ3) is 4.17. The molecule has 0 bridgehead atoms. The number of amides is 1. The van der Waals surface area contributed by atoms with Gasteiger partial charge in [-0.2, -0.15) is 0 Å². The number of nitrogen functional groups attached to an aromatic ring is 1. The Morgan fingerprint density at radius 1 is 1.59 bits per heavy atom. The number of ketones is 1. The molecule has 0 aliphatic rings. The second kappa shape index (κ2) is 7.74. The number of halogens is 1. The van der Waals surface area contributed by atoms with Gasteiger partial charge in [0.2, 0.25) is 0 Å². The van der Waals surface area contributed by atoms with Crippen LogP contribution < -0.4 is 11.1 Å². The van der Waals surface area contributed by atoms with E-state index >= 15 is 0 Å². The molecule has 1 heterocycles. The van der Waals surface area contributed by atoms with E-state index in [1.807, 2.05) is 0 Å². The summed E-state index contributed by atoms with van der Waals surface area (Å²) in [5.41, 5.74) is 5.68. The molecule has 7 nitrogen and oxygen atoms in total. The summed E-state index contributed by atoms with van der Waals surface area (Å²) in [7, 11) is 1.40. The summed E-state index contributed by atoms with van der Waals surface area (Å²) >= 11 is 5.58. The normalized spacial score (nSPS) is 13.6. The van der Waals surface area contributed by atoms with Gasteiger partial charge in [0, 0.05) is 6.20 Å². The van der Waals surface area contributed by atoms with E-state index in [0.29, 0.717) is 12.1 Å². The molecular weight excluding hydrogens is 308 g/mol. The van der Waals surface area contributed by atoms with Gasteiger partial charge in [-0.3, -0.25) is 14.6 Å². The molecule has 22 heavy (non-hydrogen) atoms. The van der Waals surface area contributed by atoms with Crippen LogP contribution >= 0.6 is 11.6 Å². The Hall–Kier alpha value is -2.15. The summed E-state index contributed by atoms with van der Waals surface area (Å²) in [4.78, 5) is 32.7. The average Bonchev–Trinajstić information content (AvgIpc) is 2.52. The van der Waals surface area contributed by atoms with Crippen LogP contribution in [0, 0.1) is 0 Å². The molecule has 3 N–H and O–H groups in total. The number of nitrogens with one attached hydrogen (secondary N) is 1. The van der Waals surface area contributed by atoms with Gasteiger partial charge in [0.25, 0.3) is 5.91 Å². The van der Waals surface area contributed by atoms with Crippen LogP contribution in [0.25, 0.3) is 0 Å². The van der Waals surface area contributed by atoms with E-state index in [0.717, 1.165) is 0 Å². The van der Waals surface area contributed by atoms with Gasteiger partial charge in [-0.1, -0.05) is 12.1 Å². The summed E-state index contributed by atoms with van der Waals surface area (Å²) in [6.45, 7) is 3.42. The number of oxime groups is 1. The molecule has 0 radical (unpaired) electrons. The number of Topliss-reactive ketones (excluding diaryl/α,β-unsaturated/α-hetero) is 1. The van der Waals surface area contributed by atoms with Gasteiger partial charge in [-0.05, 0) is 19.4 Å².